The van der Waals surface area contributed by atoms with Crippen LogP contribution in [0.3, 0.4) is 0 Å². The van der Waals surface area contributed by atoms with Crippen LogP contribution < -0.4 is 15.2 Å². The summed E-state index contributed by atoms with van der Waals surface area (Å²) in [6.45, 7) is 2.14. The van der Waals surface area contributed by atoms with Crippen molar-refractivity contribution < 1.29 is 9.47 Å². The highest BCUT2D eigenvalue weighted by molar-refractivity contribution is 5.43. The Morgan fingerprint density at radius 2 is 1.71 bits per heavy atom. The van der Waals surface area contributed by atoms with Gasteiger partial charge in [0.1, 0.15) is 17.3 Å². The molecule has 0 saturated carbocycles. The quantitative estimate of drug-likeness (QED) is 0.822. The van der Waals surface area contributed by atoms with E-state index >= 15 is 0 Å². The van der Waals surface area contributed by atoms with Crippen molar-refractivity contribution in [3.8, 4) is 11.5 Å². The number of anilines is 1. The largest absolute Gasteiger partial charge is 0.497 e. The van der Waals surface area contributed by atoms with Crippen LogP contribution in [0.1, 0.15) is 30.2 Å². The van der Waals surface area contributed by atoms with Crippen LogP contribution in [0.25, 0.3) is 0 Å². The van der Waals surface area contributed by atoms with Gasteiger partial charge in [-0.15, -0.1) is 0 Å². The van der Waals surface area contributed by atoms with Gasteiger partial charge in [-0.1, -0.05) is 13.3 Å². The zero-order valence-electron chi connectivity index (χ0n) is 12.9. The number of aromatic amines is 1. The molecule has 0 aliphatic rings. The third-order valence-corrected chi connectivity index (χ3v) is 3.56. The van der Waals surface area contributed by atoms with E-state index in [-0.39, 0.29) is 0 Å². The SMILES string of the molecule is CCCc1c(N)n[nH]c1CCc1cc(OC)cc(OC)c1. The number of aromatic nitrogens is 2. The van der Waals surface area contributed by atoms with E-state index in [4.69, 9.17) is 15.2 Å². The van der Waals surface area contributed by atoms with Crippen molar-refractivity contribution in [2.75, 3.05) is 20.0 Å². The molecule has 0 fully saturated rings. The van der Waals surface area contributed by atoms with Crippen molar-refractivity contribution in [3.05, 3.63) is 35.0 Å². The van der Waals surface area contributed by atoms with E-state index < -0.39 is 0 Å². The minimum absolute atomic E-state index is 0.620. The van der Waals surface area contributed by atoms with E-state index in [0.29, 0.717) is 5.82 Å². The number of hydrogen-bond donors (Lipinski definition) is 2. The lowest BCUT2D eigenvalue weighted by Gasteiger charge is -2.08. The first-order valence-corrected chi connectivity index (χ1v) is 7.21. The molecule has 1 aromatic heterocycles. The zero-order valence-corrected chi connectivity index (χ0v) is 12.9. The highest BCUT2D eigenvalue weighted by atomic mass is 16.5. The van der Waals surface area contributed by atoms with E-state index in [1.807, 2.05) is 18.2 Å². The van der Waals surface area contributed by atoms with Crippen LogP contribution >= 0.6 is 0 Å². The first-order valence-electron chi connectivity index (χ1n) is 7.21. The Morgan fingerprint density at radius 3 is 2.29 bits per heavy atom. The number of rotatable bonds is 7. The van der Waals surface area contributed by atoms with Crippen molar-refractivity contribution >= 4 is 5.82 Å². The predicted octanol–water partition coefficient (Wildman–Crippen LogP) is 2.75. The van der Waals surface area contributed by atoms with Gasteiger partial charge in [-0.25, -0.2) is 0 Å². The zero-order chi connectivity index (χ0) is 15.2. The molecule has 1 heterocycles. The lowest BCUT2D eigenvalue weighted by molar-refractivity contribution is 0.393. The maximum Gasteiger partial charge on any atom is 0.148 e. The molecule has 0 unspecified atom stereocenters. The number of methoxy groups -OCH3 is 2. The Bertz CT molecular complexity index is 571. The molecule has 2 rings (SSSR count). The summed E-state index contributed by atoms with van der Waals surface area (Å²) in [5, 5.41) is 7.17. The molecule has 114 valence electrons. The standard InChI is InChI=1S/C16H23N3O2/c1-4-5-14-15(18-19-16(14)17)7-6-11-8-12(20-2)10-13(9-11)21-3/h8-10H,4-7H2,1-3H3,(H3,17,18,19). The highest BCUT2D eigenvalue weighted by Gasteiger charge is 2.10. The topological polar surface area (TPSA) is 73.2 Å². The lowest BCUT2D eigenvalue weighted by atomic mass is 10.0. The Labute approximate surface area is 125 Å². The molecule has 0 bridgehead atoms. The number of nitrogens with two attached hydrogens (primary N) is 1. The average Bonchev–Trinajstić information content (AvgIpc) is 2.86. The molecule has 5 heteroatoms. The number of benzene rings is 1. The van der Waals surface area contributed by atoms with Gasteiger partial charge < -0.3 is 15.2 Å². The smallest absolute Gasteiger partial charge is 0.148 e. The second-order valence-corrected chi connectivity index (χ2v) is 5.04. The summed E-state index contributed by atoms with van der Waals surface area (Å²) >= 11 is 0. The lowest BCUT2D eigenvalue weighted by Crippen LogP contribution is -1.99. The number of nitrogens with zero attached hydrogens (tertiary/aromatic N) is 1. The summed E-state index contributed by atoms with van der Waals surface area (Å²) in [6, 6.07) is 5.93. The van der Waals surface area contributed by atoms with E-state index in [2.05, 4.69) is 17.1 Å². The van der Waals surface area contributed by atoms with Gasteiger partial charge in [-0.3, -0.25) is 5.10 Å². The van der Waals surface area contributed by atoms with Crippen molar-refractivity contribution in [3.63, 3.8) is 0 Å². The van der Waals surface area contributed by atoms with Crippen LogP contribution in [0.2, 0.25) is 0 Å². The Balaban J connectivity index is 2.12. The molecule has 21 heavy (non-hydrogen) atoms. The summed E-state index contributed by atoms with van der Waals surface area (Å²) in [6.07, 6.45) is 3.77. The van der Waals surface area contributed by atoms with Crippen LogP contribution in [-0.2, 0) is 19.3 Å². The van der Waals surface area contributed by atoms with E-state index in [1.165, 1.54) is 5.56 Å². The molecule has 2 aromatic rings. The normalized spacial score (nSPS) is 10.6. The predicted molar refractivity (Wildman–Crippen MR) is 83.9 cm³/mol. The van der Waals surface area contributed by atoms with Gasteiger partial charge in [-0.05, 0) is 37.0 Å². The van der Waals surface area contributed by atoms with Crippen LogP contribution in [0.4, 0.5) is 5.82 Å². The summed E-state index contributed by atoms with van der Waals surface area (Å²) < 4.78 is 10.6. The van der Waals surface area contributed by atoms with Gasteiger partial charge in [-0.2, -0.15) is 5.10 Å². The minimum Gasteiger partial charge on any atom is -0.497 e. The summed E-state index contributed by atoms with van der Waals surface area (Å²) in [5.41, 5.74) is 9.34. The number of ether oxygens (including phenoxy) is 2. The maximum atomic E-state index is 5.91. The third-order valence-electron chi connectivity index (χ3n) is 3.56. The van der Waals surface area contributed by atoms with Crippen molar-refractivity contribution in [1.29, 1.82) is 0 Å². The third kappa shape index (κ3) is 3.68. The van der Waals surface area contributed by atoms with Crippen molar-refractivity contribution in [1.82, 2.24) is 10.2 Å². The Kier molecular flexibility index (Phi) is 5.09. The molecular formula is C16H23N3O2. The number of nitrogens with one attached hydrogen (secondary N) is 1. The van der Waals surface area contributed by atoms with Gasteiger partial charge in [0.15, 0.2) is 0 Å². The van der Waals surface area contributed by atoms with Gasteiger partial charge in [0.2, 0.25) is 0 Å². The fourth-order valence-electron chi connectivity index (χ4n) is 2.43. The van der Waals surface area contributed by atoms with E-state index in [1.54, 1.807) is 14.2 Å². The molecule has 0 amide bonds. The maximum absolute atomic E-state index is 5.91. The Morgan fingerprint density at radius 1 is 1.05 bits per heavy atom. The summed E-state index contributed by atoms with van der Waals surface area (Å²) in [5.74, 6) is 2.24. The molecule has 0 aliphatic carbocycles. The van der Waals surface area contributed by atoms with E-state index in [9.17, 15) is 0 Å². The molecular weight excluding hydrogens is 266 g/mol. The molecule has 3 N–H and O–H groups in total. The second-order valence-electron chi connectivity index (χ2n) is 5.04. The number of H-pyrrole nitrogens is 1. The number of aryl methyl sites for hydroxylation is 2. The minimum atomic E-state index is 0.620. The number of hydrogen-bond acceptors (Lipinski definition) is 4. The molecule has 5 nitrogen and oxygen atoms in total. The van der Waals surface area contributed by atoms with Gasteiger partial charge >= 0.3 is 0 Å². The van der Waals surface area contributed by atoms with Crippen LogP contribution in [0, 0.1) is 0 Å². The van der Waals surface area contributed by atoms with Crippen molar-refractivity contribution in [2.24, 2.45) is 0 Å². The molecule has 0 atom stereocenters. The van der Waals surface area contributed by atoms with Crippen LogP contribution in [-0.4, -0.2) is 24.4 Å². The second kappa shape index (κ2) is 7.02. The molecule has 0 aliphatic heterocycles. The number of nitrogen functional groups attached to an aromatic ring is 1. The monoisotopic (exact) mass is 289 g/mol. The summed E-state index contributed by atoms with van der Waals surface area (Å²) in [7, 11) is 3.32. The fourth-order valence-corrected chi connectivity index (χ4v) is 2.43. The fraction of sp³-hybridized carbons (Fsp3) is 0.438. The van der Waals surface area contributed by atoms with Gasteiger partial charge in [0.25, 0.3) is 0 Å². The Hall–Kier alpha value is -2.17. The van der Waals surface area contributed by atoms with Crippen molar-refractivity contribution in [2.45, 2.75) is 32.6 Å². The molecule has 0 radical (unpaired) electrons. The van der Waals surface area contributed by atoms with Crippen LogP contribution in [0.5, 0.6) is 11.5 Å². The highest BCUT2D eigenvalue weighted by Crippen LogP contribution is 2.24. The molecule has 0 spiro atoms. The average molecular weight is 289 g/mol. The first kappa shape index (κ1) is 15.2. The molecule has 1 aromatic carbocycles. The molecule has 0 saturated heterocycles. The van der Waals surface area contributed by atoms with E-state index in [0.717, 1.165) is 48.4 Å². The first-order chi connectivity index (χ1) is 10.2. The summed E-state index contributed by atoms with van der Waals surface area (Å²) in [4.78, 5) is 0. The van der Waals surface area contributed by atoms with Gasteiger partial charge in [0, 0.05) is 17.3 Å². The van der Waals surface area contributed by atoms with Crippen LogP contribution in [0.15, 0.2) is 18.2 Å². The van der Waals surface area contributed by atoms with Gasteiger partial charge in [0.05, 0.1) is 14.2 Å².